The molecule has 1 heterocycles. The van der Waals surface area contributed by atoms with Crippen LogP contribution in [0.15, 0.2) is 12.1 Å². The number of carbonyl (C=O) groups excluding carboxylic acids is 1. The molecule has 23 heavy (non-hydrogen) atoms. The van der Waals surface area contributed by atoms with E-state index < -0.39 is 4.92 Å². The maximum absolute atomic E-state index is 12.7. The number of aryl methyl sites for hydroxylation is 1. The lowest BCUT2D eigenvalue weighted by Crippen LogP contribution is -2.45. The van der Waals surface area contributed by atoms with E-state index in [9.17, 15) is 14.9 Å². The van der Waals surface area contributed by atoms with E-state index in [1.54, 1.807) is 17.9 Å². The number of hydrogen-bond donors (Lipinski definition) is 2. The Balaban J connectivity index is 0.00000264. The SMILES string of the molecule is Cc1cc(C(=O)N2CCCC(C(C)N)C2)c(N)c([N+](=O)[O-])c1.Cl. The monoisotopic (exact) mass is 342 g/mol. The van der Waals surface area contributed by atoms with Gasteiger partial charge in [-0.2, -0.15) is 0 Å². The fourth-order valence-corrected chi connectivity index (χ4v) is 2.90. The minimum atomic E-state index is -0.555. The number of halogens is 1. The third kappa shape index (κ3) is 4.11. The van der Waals surface area contributed by atoms with Gasteiger partial charge >= 0.3 is 0 Å². The van der Waals surface area contributed by atoms with Crippen LogP contribution in [0.5, 0.6) is 0 Å². The molecule has 2 unspecified atom stereocenters. The van der Waals surface area contributed by atoms with E-state index in [2.05, 4.69) is 0 Å². The molecule has 0 spiro atoms. The van der Waals surface area contributed by atoms with E-state index in [1.165, 1.54) is 6.07 Å². The molecule has 4 N–H and O–H groups in total. The Hall–Kier alpha value is -1.86. The van der Waals surface area contributed by atoms with Gasteiger partial charge in [-0.15, -0.1) is 12.4 Å². The van der Waals surface area contributed by atoms with Gasteiger partial charge in [0, 0.05) is 25.2 Å². The molecule has 2 rings (SSSR count). The van der Waals surface area contributed by atoms with E-state index in [0.29, 0.717) is 18.7 Å². The zero-order valence-electron chi connectivity index (χ0n) is 13.3. The maximum Gasteiger partial charge on any atom is 0.293 e. The minimum Gasteiger partial charge on any atom is -0.393 e. The van der Waals surface area contributed by atoms with Crippen molar-refractivity contribution in [1.29, 1.82) is 0 Å². The molecule has 1 amide bonds. The zero-order chi connectivity index (χ0) is 16.4. The number of nitrogens with two attached hydrogens (primary N) is 2. The summed E-state index contributed by atoms with van der Waals surface area (Å²) in [5, 5.41) is 11.1. The first-order valence-electron chi connectivity index (χ1n) is 7.40. The number of nitro groups is 1. The van der Waals surface area contributed by atoms with Crippen LogP contribution in [0.2, 0.25) is 0 Å². The number of anilines is 1. The number of piperidine rings is 1. The molecule has 0 aliphatic carbocycles. The summed E-state index contributed by atoms with van der Waals surface area (Å²) in [6.45, 7) is 4.84. The van der Waals surface area contributed by atoms with Crippen LogP contribution >= 0.6 is 12.4 Å². The Kier molecular flexibility index (Phi) is 6.35. The number of nitrogens with zero attached hydrogens (tertiary/aromatic N) is 2. The third-order valence-electron chi connectivity index (χ3n) is 4.22. The summed E-state index contributed by atoms with van der Waals surface area (Å²) in [6.07, 6.45) is 1.87. The summed E-state index contributed by atoms with van der Waals surface area (Å²) in [4.78, 5) is 24.9. The maximum atomic E-state index is 12.7. The number of nitro benzene ring substituents is 1. The topological polar surface area (TPSA) is 115 Å². The highest BCUT2D eigenvalue weighted by Gasteiger charge is 2.29. The van der Waals surface area contributed by atoms with E-state index in [0.717, 1.165) is 12.8 Å². The summed E-state index contributed by atoms with van der Waals surface area (Å²) < 4.78 is 0. The Labute approximate surface area is 141 Å². The number of nitrogen functional groups attached to an aromatic ring is 1. The quantitative estimate of drug-likeness (QED) is 0.495. The standard InChI is InChI=1S/C15H22N4O3.ClH/c1-9-6-12(14(17)13(7-9)19(21)22)15(20)18-5-3-4-11(8-18)10(2)16;/h6-7,10-11H,3-5,8,16-17H2,1-2H3;1H. The van der Waals surface area contributed by atoms with Crippen molar-refractivity contribution >= 4 is 29.7 Å². The normalized spacial score (nSPS) is 18.9. The first-order valence-corrected chi connectivity index (χ1v) is 7.40. The predicted octanol–water partition coefficient (Wildman–Crippen LogP) is 2.11. The highest BCUT2D eigenvalue weighted by molar-refractivity contribution is 6.01. The summed E-state index contributed by atoms with van der Waals surface area (Å²) in [7, 11) is 0. The second-order valence-corrected chi connectivity index (χ2v) is 6.01. The van der Waals surface area contributed by atoms with Crippen LogP contribution in [-0.2, 0) is 0 Å². The molecule has 1 fully saturated rings. The fraction of sp³-hybridized carbons (Fsp3) is 0.533. The van der Waals surface area contributed by atoms with Crippen LogP contribution in [0.3, 0.4) is 0 Å². The van der Waals surface area contributed by atoms with Crippen molar-refractivity contribution in [2.45, 2.75) is 32.7 Å². The lowest BCUT2D eigenvalue weighted by molar-refractivity contribution is -0.384. The van der Waals surface area contributed by atoms with Gasteiger partial charge in [0.15, 0.2) is 0 Å². The lowest BCUT2D eigenvalue weighted by Gasteiger charge is -2.34. The summed E-state index contributed by atoms with van der Waals surface area (Å²) in [6, 6.07) is 3.01. The minimum absolute atomic E-state index is 0. The van der Waals surface area contributed by atoms with Crippen molar-refractivity contribution in [3.8, 4) is 0 Å². The Bertz CT molecular complexity index is 607. The summed E-state index contributed by atoms with van der Waals surface area (Å²) in [5.41, 5.74) is 12.3. The van der Waals surface area contributed by atoms with Gasteiger partial charge in [0.05, 0.1) is 10.5 Å². The highest BCUT2D eigenvalue weighted by atomic mass is 35.5. The number of rotatable bonds is 3. The molecular weight excluding hydrogens is 320 g/mol. The second kappa shape index (κ2) is 7.61. The molecule has 0 bridgehead atoms. The molecule has 1 aliphatic rings. The number of carbonyl (C=O) groups is 1. The van der Waals surface area contributed by atoms with Crippen LogP contribution in [0, 0.1) is 23.0 Å². The van der Waals surface area contributed by atoms with Gasteiger partial charge in [0.25, 0.3) is 11.6 Å². The van der Waals surface area contributed by atoms with E-state index in [4.69, 9.17) is 11.5 Å². The van der Waals surface area contributed by atoms with Gasteiger partial charge in [0.2, 0.25) is 0 Å². The second-order valence-electron chi connectivity index (χ2n) is 6.01. The van der Waals surface area contributed by atoms with E-state index in [1.807, 2.05) is 6.92 Å². The molecule has 128 valence electrons. The zero-order valence-corrected chi connectivity index (χ0v) is 14.1. The summed E-state index contributed by atoms with van der Waals surface area (Å²) >= 11 is 0. The molecule has 0 radical (unpaired) electrons. The fourth-order valence-electron chi connectivity index (χ4n) is 2.90. The predicted molar refractivity (Wildman–Crippen MR) is 91.8 cm³/mol. The van der Waals surface area contributed by atoms with Gasteiger partial charge in [-0.1, -0.05) is 0 Å². The van der Waals surface area contributed by atoms with E-state index in [-0.39, 0.29) is 47.2 Å². The van der Waals surface area contributed by atoms with Gasteiger partial charge in [-0.25, -0.2) is 0 Å². The molecule has 1 aromatic rings. The molecule has 8 heteroatoms. The largest absolute Gasteiger partial charge is 0.393 e. The van der Waals surface area contributed by atoms with Crippen molar-refractivity contribution in [1.82, 2.24) is 4.90 Å². The molecule has 7 nitrogen and oxygen atoms in total. The average molecular weight is 343 g/mol. The van der Waals surface area contributed by atoms with E-state index >= 15 is 0 Å². The molecule has 0 saturated carbocycles. The van der Waals surface area contributed by atoms with Crippen molar-refractivity contribution in [2.75, 3.05) is 18.8 Å². The molecule has 1 saturated heterocycles. The molecule has 0 aromatic heterocycles. The number of likely N-dealkylation sites (tertiary alicyclic amines) is 1. The molecular formula is C15H23ClN4O3. The van der Waals surface area contributed by atoms with Crippen molar-refractivity contribution < 1.29 is 9.72 Å². The average Bonchev–Trinajstić information content (AvgIpc) is 2.48. The smallest absolute Gasteiger partial charge is 0.293 e. The number of benzene rings is 1. The molecule has 1 aromatic carbocycles. The Morgan fingerprint density at radius 2 is 2.13 bits per heavy atom. The van der Waals surface area contributed by atoms with Crippen LogP contribution in [0.4, 0.5) is 11.4 Å². The molecule has 1 aliphatic heterocycles. The van der Waals surface area contributed by atoms with Crippen LogP contribution in [0.25, 0.3) is 0 Å². The third-order valence-corrected chi connectivity index (χ3v) is 4.22. The van der Waals surface area contributed by atoms with Crippen LogP contribution in [-0.4, -0.2) is 34.9 Å². The summed E-state index contributed by atoms with van der Waals surface area (Å²) in [5.74, 6) is -0.00614. The van der Waals surface area contributed by atoms with Gasteiger partial charge in [-0.3, -0.25) is 14.9 Å². The Morgan fingerprint density at radius 3 is 2.70 bits per heavy atom. The first kappa shape index (κ1) is 19.2. The molecule has 2 atom stereocenters. The Morgan fingerprint density at radius 1 is 1.48 bits per heavy atom. The number of amides is 1. The van der Waals surface area contributed by atoms with Gasteiger partial charge < -0.3 is 16.4 Å². The first-order chi connectivity index (χ1) is 10.3. The van der Waals surface area contributed by atoms with Gasteiger partial charge in [0.1, 0.15) is 5.69 Å². The van der Waals surface area contributed by atoms with Crippen molar-refractivity contribution in [3.63, 3.8) is 0 Å². The van der Waals surface area contributed by atoms with Gasteiger partial charge in [-0.05, 0) is 44.2 Å². The number of hydrogen-bond acceptors (Lipinski definition) is 5. The van der Waals surface area contributed by atoms with Crippen molar-refractivity contribution in [3.05, 3.63) is 33.4 Å². The van der Waals surface area contributed by atoms with Crippen LogP contribution < -0.4 is 11.5 Å². The van der Waals surface area contributed by atoms with Crippen molar-refractivity contribution in [2.24, 2.45) is 11.7 Å². The lowest BCUT2D eigenvalue weighted by atomic mass is 9.91. The highest BCUT2D eigenvalue weighted by Crippen LogP contribution is 2.29. The van der Waals surface area contributed by atoms with Crippen LogP contribution in [0.1, 0.15) is 35.7 Å².